The summed E-state index contributed by atoms with van der Waals surface area (Å²) in [4.78, 5) is 14.7. The molecular weight excluding hydrogens is 440 g/mol. The standard InChI is InChI=1S/C20H26N4O5S2/c1-4-24(14-9-10-31(26,27)12-14)19(25)13(2)30-20-22-21-18(23(20)3)17-11-28-15-7-5-6-8-16(15)29-17/h5-8,13-14,17H,4,9-12H2,1-3H3/t13-,14-,17+/m0/s1. The van der Waals surface area contributed by atoms with Crippen LogP contribution in [0.1, 0.15) is 32.2 Å². The van der Waals surface area contributed by atoms with Gasteiger partial charge >= 0.3 is 0 Å². The molecule has 0 spiro atoms. The number of carbonyl (C=O) groups is 1. The van der Waals surface area contributed by atoms with Crippen molar-refractivity contribution in [3.8, 4) is 11.5 Å². The van der Waals surface area contributed by atoms with Crippen LogP contribution in [0.3, 0.4) is 0 Å². The Bertz CT molecular complexity index is 1070. The predicted molar refractivity (Wildman–Crippen MR) is 116 cm³/mol. The summed E-state index contributed by atoms with van der Waals surface area (Å²) in [5, 5.41) is 8.68. The number of para-hydroxylation sites is 2. The molecule has 0 aliphatic carbocycles. The fourth-order valence-electron chi connectivity index (χ4n) is 3.91. The Hall–Kier alpha value is -2.27. The zero-order chi connectivity index (χ0) is 22.2. The van der Waals surface area contributed by atoms with Crippen LogP contribution in [0.15, 0.2) is 29.4 Å². The number of sulfone groups is 1. The minimum atomic E-state index is -3.06. The van der Waals surface area contributed by atoms with Gasteiger partial charge in [-0.2, -0.15) is 0 Å². The maximum atomic E-state index is 13.0. The number of rotatable bonds is 6. The molecule has 0 radical (unpaired) electrons. The van der Waals surface area contributed by atoms with Gasteiger partial charge in [0.15, 0.2) is 38.4 Å². The average molecular weight is 467 g/mol. The van der Waals surface area contributed by atoms with Crippen molar-refractivity contribution in [3.05, 3.63) is 30.1 Å². The van der Waals surface area contributed by atoms with Crippen LogP contribution in [0.25, 0.3) is 0 Å². The molecule has 9 nitrogen and oxygen atoms in total. The summed E-state index contributed by atoms with van der Waals surface area (Å²) in [6.07, 6.45) is 0.0945. The molecule has 11 heteroatoms. The SMILES string of the molecule is CCN(C(=O)[C@H](C)Sc1nnc([C@H]2COc3ccccc3O2)n1C)[C@H]1CCS(=O)(=O)C1. The summed E-state index contributed by atoms with van der Waals surface area (Å²) in [6.45, 7) is 4.48. The number of hydrogen-bond acceptors (Lipinski definition) is 8. The molecule has 0 N–H and O–H groups in total. The van der Waals surface area contributed by atoms with E-state index in [-0.39, 0.29) is 23.5 Å². The van der Waals surface area contributed by atoms with Crippen LogP contribution in [0.5, 0.6) is 11.5 Å². The van der Waals surface area contributed by atoms with Crippen LogP contribution in [0.4, 0.5) is 0 Å². The topological polar surface area (TPSA) is 104 Å². The Balaban J connectivity index is 1.44. The lowest BCUT2D eigenvalue weighted by molar-refractivity contribution is -0.131. The number of nitrogens with zero attached hydrogens (tertiary/aromatic N) is 4. The number of carbonyl (C=O) groups excluding carboxylic acids is 1. The average Bonchev–Trinajstić information content (AvgIpc) is 3.30. The van der Waals surface area contributed by atoms with Crippen LogP contribution < -0.4 is 9.47 Å². The van der Waals surface area contributed by atoms with Crippen LogP contribution >= 0.6 is 11.8 Å². The Morgan fingerprint density at radius 2 is 2.06 bits per heavy atom. The summed E-state index contributed by atoms with van der Waals surface area (Å²) < 4.78 is 37.3. The van der Waals surface area contributed by atoms with E-state index in [1.54, 1.807) is 4.90 Å². The third kappa shape index (κ3) is 4.52. The first-order chi connectivity index (χ1) is 14.8. The van der Waals surface area contributed by atoms with Crippen molar-refractivity contribution in [3.63, 3.8) is 0 Å². The van der Waals surface area contributed by atoms with Gasteiger partial charge in [-0.15, -0.1) is 10.2 Å². The molecule has 3 atom stereocenters. The van der Waals surface area contributed by atoms with Crippen LogP contribution in [-0.2, 0) is 21.7 Å². The molecule has 3 heterocycles. The first-order valence-electron chi connectivity index (χ1n) is 10.2. The molecule has 0 saturated carbocycles. The zero-order valence-electron chi connectivity index (χ0n) is 17.7. The van der Waals surface area contributed by atoms with Crippen LogP contribution in [0, 0.1) is 0 Å². The molecular formula is C20H26N4O5S2. The zero-order valence-corrected chi connectivity index (χ0v) is 19.4. The van der Waals surface area contributed by atoms with E-state index < -0.39 is 21.2 Å². The van der Waals surface area contributed by atoms with Gasteiger partial charge in [0.25, 0.3) is 0 Å². The summed E-state index contributed by atoms with van der Waals surface area (Å²) >= 11 is 1.30. The van der Waals surface area contributed by atoms with Gasteiger partial charge in [0.2, 0.25) is 5.91 Å². The van der Waals surface area contributed by atoms with Crippen molar-refractivity contribution in [2.75, 3.05) is 24.7 Å². The highest BCUT2D eigenvalue weighted by atomic mass is 32.2. The normalized spacial score (nSPS) is 22.8. The van der Waals surface area contributed by atoms with Crippen molar-refractivity contribution >= 4 is 27.5 Å². The second-order valence-corrected chi connectivity index (χ2v) is 11.2. The number of thioether (sulfide) groups is 1. The molecule has 1 aromatic carbocycles. The summed E-state index contributed by atoms with van der Waals surface area (Å²) in [7, 11) is -1.23. The molecule has 0 bridgehead atoms. The maximum absolute atomic E-state index is 13.0. The van der Waals surface area contributed by atoms with Gasteiger partial charge in [-0.3, -0.25) is 4.79 Å². The third-order valence-corrected chi connectivity index (χ3v) is 8.44. The Kier molecular flexibility index (Phi) is 6.16. The Morgan fingerprint density at radius 1 is 1.32 bits per heavy atom. The molecule has 1 saturated heterocycles. The van der Waals surface area contributed by atoms with E-state index in [1.165, 1.54) is 11.8 Å². The lowest BCUT2D eigenvalue weighted by Gasteiger charge is -2.29. The van der Waals surface area contributed by atoms with Gasteiger partial charge in [-0.05, 0) is 32.4 Å². The monoisotopic (exact) mass is 466 g/mol. The first-order valence-corrected chi connectivity index (χ1v) is 12.9. The molecule has 1 aromatic heterocycles. The smallest absolute Gasteiger partial charge is 0.236 e. The highest BCUT2D eigenvalue weighted by molar-refractivity contribution is 8.00. The minimum Gasteiger partial charge on any atom is -0.485 e. The number of aromatic nitrogens is 3. The van der Waals surface area contributed by atoms with Gasteiger partial charge < -0.3 is 18.9 Å². The minimum absolute atomic E-state index is 0.0402. The van der Waals surface area contributed by atoms with Gasteiger partial charge in [0.05, 0.1) is 16.8 Å². The highest BCUT2D eigenvalue weighted by Crippen LogP contribution is 2.36. The van der Waals surface area contributed by atoms with E-state index in [9.17, 15) is 13.2 Å². The highest BCUT2D eigenvalue weighted by Gasteiger charge is 2.36. The second-order valence-electron chi connectivity index (χ2n) is 7.71. The quantitative estimate of drug-likeness (QED) is 0.594. The van der Waals surface area contributed by atoms with E-state index in [1.807, 2.05) is 49.7 Å². The fraction of sp³-hybridized carbons (Fsp3) is 0.550. The summed E-state index contributed by atoms with van der Waals surface area (Å²) in [5.74, 6) is 2.06. The van der Waals surface area contributed by atoms with Crippen molar-refractivity contribution in [2.24, 2.45) is 7.05 Å². The first kappa shape index (κ1) is 21.9. The van der Waals surface area contributed by atoms with Gasteiger partial charge in [-0.25, -0.2) is 8.42 Å². The van der Waals surface area contributed by atoms with E-state index in [0.717, 1.165) is 0 Å². The molecule has 0 unspecified atom stereocenters. The van der Waals surface area contributed by atoms with Crippen molar-refractivity contribution in [2.45, 2.75) is 42.8 Å². The number of fused-ring (bicyclic) bond motifs is 1. The third-order valence-electron chi connectivity index (χ3n) is 5.57. The number of amides is 1. The second kappa shape index (κ2) is 8.70. The van der Waals surface area contributed by atoms with Crippen molar-refractivity contribution < 1.29 is 22.7 Å². The maximum Gasteiger partial charge on any atom is 0.236 e. The number of benzene rings is 1. The Morgan fingerprint density at radius 3 is 2.74 bits per heavy atom. The lowest BCUT2D eigenvalue weighted by atomic mass is 10.2. The molecule has 2 aliphatic rings. The molecule has 2 aliphatic heterocycles. The molecule has 4 rings (SSSR count). The van der Waals surface area contributed by atoms with Crippen molar-refractivity contribution in [1.82, 2.24) is 19.7 Å². The molecule has 31 heavy (non-hydrogen) atoms. The summed E-state index contributed by atoms with van der Waals surface area (Å²) in [6, 6.07) is 7.21. The van der Waals surface area contributed by atoms with Gasteiger partial charge in [-0.1, -0.05) is 23.9 Å². The number of ether oxygens (including phenoxy) is 2. The van der Waals surface area contributed by atoms with Crippen LogP contribution in [0.2, 0.25) is 0 Å². The van der Waals surface area contributed by atoms with E-state index in [4.69, 9.17) is 9.47 Å². The van der Waals surface area contributed by atoms with E-state index >= 15 is 0 Å². The van der Waals surface area contributed by atoms with Crippen LogP contribution in [-0.4, -0.2) is 69.9 Å². The predicted octanol–water partition coefficient (Wildman–Crippen LogP) is 1.84. The largest absolute Gasteiger partial charge is 0.485 e. The Labute approximate surface area is 186 Å². The number of hydrogen-bond donors (Lipinski definition) is 0. The molecule has 2 aromatic rings. The van der Waals surface area contributed by atoms with Gasteiger partial charge in [0.1, 0.15) is 6.61 Å². The van der Waals surface area contributed by atoms with Gasteiger partial charge in [0, 0.05) is 19.6 Å². The molecule has 1 fully saturated rings. The summed E-state index contributed by atoms with van der Waals surface area (Å²) in [5.41, 5.74) is 0. The lowest BCUT2D eigenvalue weighted by Crippen LogP contribution is -2.44. The van der Waals surface area contributed by atoms with E-state index in [0.29, 0.717) is 42.1 Å². The van der Waals surface area contributed by atoms with Crippen molar-refractivity contribution in [1.29, 1.82) is 0 Å². The molecule has 168 valence electrons. The van der Waals surface area contributed by atoms with E-state index in [2.05, 4.69) is 10.2 Å². The molecule has 1 amide bonds. The fourth-order valence-corrected chi connectivity index (χ4v) is 6.54.